The second-order valence-corrected chi connectivity index (χ2v) is 7.27. The van der Waals surface area contributed by atoms with Gasteiger partial charge in [-0.15, -0.1) is 0 Å². The Morgan fingerprint density at radius 3 is 2.47 bits per heavy atom. The fourth-order valence-electron chi connectivity index (χ4n) is 2.09. The lowest BCUT2D eigenvalue weighted by atomic mass is 9.82. The van der Waals surface area contributed by atoms with Crippen molar-refractivity contribution in [3.05, 3.63) is 33.8 Å². The van der Waals surface area contributed by atoms with Gasteiger partial charge in [0.15, 0.2) is 0 Å². The van der Waals surface area contributed by atoms with E-state index in [-0.39, 0.29) is 5.41 Å². The molecular formula is C16H25Cl2N. The molecule has 1 N–H and O–H groups in total. The molecule has 0 aliphatic carbocycles. The zero-order valence-corrected chi connectivity index (χ0v) is 13.9. The lowest BCUT2D eigenvalue weighted by molar-refractivity contribution is 0.322. The molecule has 0 amide bonds. The van der Waals surface area contributed by atoms with Gasteiger partial charge < -0.3 is 5.32 Å². The van der Waals surface area contributed by atoms with Crippen molar-refractivity contribution in [1.82, 2.24) is 5.32 Å². The van der Waals surface area contributed by atoms with Crippen molar-refractivity contribution in [3.63, 3.8) is 0 Å². The highest BCUT2D eigenvalue weighted by molar-refractivity contribution is 6.35. The van der Waals surface area contributed by atoms with Crippen molar-refractivity contribution in [2.24, 2.45) is 11.3 Å². The smallest absolute Gasteiger partial charge is 0.0453 e. The zero-order valence-electron chi connectivity index (χ0n) is 12.4. The Hall–Kier alpha value is -0.240. The van der Waals surface area contributed by atoms with Crippen LogP contribution in [0.3, 0.4) is 0 Å². The van der Waals surface area contributed by atoms with Gasteiger partial charge in [-0.3, -0.25) is 0 Å². The molecule has 108 valence electrons. The van der Waals surface area contributed by atoms with E-state index in [1.807, 2.05) is 18.2 Å². The van der Waals surface area contributed by atoms with E-state index in [1.54, 1.807) is 0 Å². The SMILES string of the molecule is CC(C)CNCCC(C)(C)Cc1ccc(Cl)cc1Cl. The van der Waals surface area contributed by atoms with Gasteiger partial charge in [0.05, 0.1) is 0 Å². The minimum absolute atomic E-state index is 0.238. The highest BCUT2D eigenvalue weighted by Gasteiger charge is 2.19. The molecule has 0 saturated heterocycles. The number of benzene rings is 1. The van der Waals surface area contributed by atoms with Crippen LogP contribution in [0.4, 0.5) is 0 Å². The highest BCUT2D eigenvalue weighted by atomic mass is 35.5. The summed E-state index contributed by atoms with van der Waals surface area (Å²) in [5.74, 6) is 0.703. The van der Waals surface area contributed by atoms with Crippen LogP contribution in [0.15, 0.2) is 18.2 Å². The third-order valence-electron chi connectivity index (χ3n) is 3.22. The monoisotopic (exact) mass is 301 g/mol. The molecule has 0 aromatic heterocycles. The van der Waals surface area contributed by atoms with E-state index in [0.717, 1.165) is 31.0 Å². The van der Waals surface area contributed by atoms with Crippen LogP contribution in [-0.2, 0) is 6.42 Å². The van der Waals surface area contributed by atoms with Gasteiger partial charge in [0.2, 0.25) is 0 Å². The number of hydrogen-bond donors (Lipinski definition) is 1. The highest BCUT2D eigenvalue weighted by Crippen LogP contribution is 2.30. The van der Waals surface area contributed by atoms with Gasteiger partial charge in [-0.2, -0.15) is 0 Å². The van der Waals surface area contributed by atoms with Gasteiger partial charge in [-0.1, -0.05) is 57.0 Å². The molecule has 19 heavy (non-hydrogen) atoms. The summed E-state index contributed by atoms with van der Waals surface area (Å²) in [4.78, 5) is 0. The molecule has 0 atom stereocenters. The summed E-state index contributed by atoms with van der Waals surface area (Å²) in [7, 11) is 0. The fraction of sp³-hybridized carbons (Fsp3) is 0.625. The average molecular weight is 302 g/mol. The maximum Gasteiger partial charge on any atom is 0.0453 e. The maximum atomic E-state index is 6.24. The number of hydrogen-bond acceptors (Lipinski definition) is 1. The molecule has 1 aromatic rings. The molecule has 0 radical (unpaired) electrons. The number of halogens is 2. The Balaban J connectivity index is 2.49. The second kappa shape index (κ2) is 7.52. The van der Waals surface area contributed by atoms with E-state index in [9.17, 15) is 0 Å². The third kappa shape index (κ3) is 6.65. The van der Waals surface area contributed by atoms with Crippen LogP contribution >= 0.6 is 23.2 Å². The van der Waals surface area contributed by atoms with E-state index in [4.69, 9.17) is 23.2 Å². The lowest BCUT2D eigenvalue weighted by Crippen LogP contribution is -2.26. The summed E-state index contributed by atoms with van der Waals surface area (Å²) in [5.41, 5.74) is 1.42. The molecule has 0 spiro atoms. The van der Waals surface area contributed by atoms with Gasteiger partial charge in [0.1, 0.15) is 0 Å². The van der Waals surface area contributed by atoms with Crippen LogP contribution in [0, 0.1) is 11.3 Å². The van der Waals surface area contributed by atoms with Crippen molar-refractivity contribution in [1.29, 1.82) is 0 Å². The first-order valence-electron chi connectivity index (χ1n) is 6.95. The Bertz CT molecular complexity index is 400. The summed E-state index contributed by atoms with van der Waals surface area (Å²) < 4.78 is 0. The van der Waals surface area contributed by atoms with Crippen LogP contribution in [0.5, 0.6) is 0 Å². The molecule has 1 nitrogen and oxygen atoms in total. The van der Waals surface area contributed by atoms with Crippen molar-refractivity contribution >= 4 is 23.2 Å². The van der Waals surface area contributed by atoms with Gasteiger partial charge >= 0.3 is 0 Å². The quantitative estimate of drug-likeness (QED) is 0.683. The minimum Gasteiger partial charge on any atom is -0.316 e. The molecule has 0 saturated carbocycles. The Morgan fingerprint density at radius 1 is 1.21 bits per heavy atom. The van der Waals surface area contributed by atoms with Gasteiger partial charge in [0.25, 0.3) is 0 Å². The number of nitrogens with one attached hydrogen (secondary N) is 1. The maximum absolute atomic E-state index is 6.24. The largest absolute Gasteiger partial charge is 0.316 e. The fourth-order valence-corrected chi connectivity index (χ4v) is 2.56. The first kappa shape index (κ1) is 16.8. The summed E-state index contributed by atoms with van der Waals surface area (Å²) in [6.07, 6.45) is 2.12. The van der Waals surface area contributed by atoms with Crippen LogP contribution in [-0.4, -0.2) is 13.1 Å². The Morgan fingerprint density at radius 2 is 1.89 bits per heavy atom. The van der Waals surface area contributed by atoms with Crippen LogP contribution < -0.4 is 5.32 Å². The first-order chi connectivity index (χ1) is 8.80. The van der Waals surface area contributed by atoms with E-state index < -0.39 is 0 Å². The minimum atomic E-state index is 0.238. The Kier molecular flexibility index (Phi) is 6.65. The molecule has 0 aliphatic rings. The summed E-state index contributed by atoms with van der Waals surface area (Å²) >= 11 is 12.2. The molecule has 0 aliphatic heterocycles. The molecule has 3 heteroatoms. The van der Waals surface area contributed by atoms with Gasteiger partial charge in [-0.05, 0) is 55.0 Å². The second-order valence-electron chi connectivity index (χ2n) is 6.42. The topological polar surface area (TPSA) is 12.0 Å². The molecule has 1 rings (SSSR count). The molecule has 0 fully saturated rings. The third-order valence-corrected chi connectivity index (χ3v) is 3.80. The van der Waals surface area contributed by atoms with E-state index in [2.05, 4.69) is 33.0 Å². The van der Waals surface area contributed by atoms with E-state index in [1.165, 1.54) is 5.56 Å². The molecular weight excluding hydrogens is 277 g/mol. The van der Waals surface area contributed by atoms with Crippen LogP contribution in [0.25, 0.3) is 0 Å². The predicted molar refractivity (Wildman–Crippen MR) is 86.3 cm³/mol. The van der Waals surface area contributed by atoms with Crippen molar-refractivity contribution < 1.29 is 0 Å². The normalized spacial score (nSPS) is 12.2. The summed E-state index contributed by atoms with van der Waals surface area (Å²) in [6, 6.07) is 5.77. The molecule has 1 aromatic carbocycles. The average Bonchev–Trinajstić information content (AvgIpc) is 2.28. The molecule has 0 heterocycles. The Labute approximate surface area is 127 Å². The summed E-state index contributed by atoms with van der Waals surface area (Å²) in [6.45, 7) is 11.2. The van der Waals surface area contributed by atoms with Crippen LogP contribution in [0.1, 0.15) is 39.7 Å². The molecule has 0 unspecified atom stereocenters. The van der Waals surface area contributed by atoms with Crippen molar-refractivity contribution in [2.75, 3.05) is 13.1 Å². The van der Waals surface area contributed by atoms with Crippen molar-refractivity contribution in [2.45, 2.75) is 40.5 Å². The zero-order chi connectivity index (χ0) is 14.5. The first-order valence-corrected chi connectivity index (χ1v) is 7.70. The van der Waals surface area contributed by atoms with E-state index >= 15 is 0 Å². The summed E-state index contributed by atoms with van der Waals surface area (Å²) in [5, 5.41) is 4.97. The van der Waals surface area contributed by atoms with Crippen LogP contribution in [0.2, 0.25) is 10.0 Å². The van der Waals surface area contributed by atoms with Gasteiger partial charge in [0, 0.05) is 10.0 Å². The predicted octanol–water partition coefficient (Wildman–Crippen LogP) is 5.20. The lowest BCUT2D eigenvalue weighted by Gasteiger charge is -2.25. The van der Waals surface area contributed by atoms with Crippen molar-refractivity contribution in [3.8, 4) is 0 Å². The molecule has 0 bridgehead atoms. The number of rotatable bonds is 7. The standard InChI is InChI=1S/C16H25Cl2N/c1-12(2)11-19-8-7-16(3,4)10-13-5-6-14(17)9-15(13)18/h5-6,9,12,19H,7-8,10-11H2,1-4H3. The van der Waals surface area contributed by atoms with Gasteiger partial charge in [-0.25, -0.2) is 0 Å². The van der Waals surface area contributed by atoms with E-state index in [0.29, 0.717) is 10.9 Å².